The molecule has 0 aliphatic heterocycles. The number of aromatic nitrogens is 6. The van der Waals surface area contributed by atoms with E-state index >= 15 is 0 Å². The first-order chi connectivity index (χ1) is 15.5. The summed E-state index contributed by atoms with van der Waals surface area (Å²) in [7, 11) is 0. The van der Waals surface area contributed by atoms with Crippen LogP contribution in [0.1, 0.15) is 17.1 Å². The molecule has 4 aromatic heterocycles. The molecule has 10 heteroatoms. The zero-order valence-corrected chi connectivity index (χ0v) is 17.2. The van der Waals surface area contributed by atoms with Gasteiger partial charge in [-0.2, -0.15) is 4.68 Å². The molecule has 0 saturated carbocycles. The van der Waals surface area contributed by atoms with Crippen LogP contribution in [0.5, 0.6) is 0 Å². The number of nitrogens with one attached hydrogen (secondary N) is 1. The number of oxazole rings is 1. The third-order valence-electron chi connectivity index (χ3n) is 5.12. The van der Waals surface area contributed by atoms with E-state index in [0.29, 0.717) is 28.3 Å². The maximum Gasteiger partial charge on any atom is 0.428 e. The number of fused-ring (bicyclic) bond motifs is 1. The zero-order chi connectivity index (χ0) is 22.2. The Bertz CT molecular complexity index is 1470. The van der Waals surface area contributed by atoms with Crippen molar-refractivity contribution in [2.75, 3.05) is 5.73 Å². The van der Waals surface area contributed by atoms with Crippen molar-refractivity contribution >= 4 is 11.6 Å². The average molecular weight is 430 g/mol. The lowest BCUT2D eigenvalue weighted by atomic mass is 9.99. The average Bonchev–Trinajstić information content (AvgIpc) is 3.42. The Kier molecular flexibility index (Phi) is 4.75. The van der Waals surface area contributed by atoms with Crippen LogP contribution >= 0.6 is 0 Å². The number of nitrogens with zero attached hydrogens (tertiary/aromatic N) is 5. The Morgan fingerprint density at radius 3 is 2.69 bits per heavy atom. The lowest BCUT2D eigenvalue weighted by molar-refractivity contribution is -0.516. The minimum Gasteiger partial charge on any atom is -0.451 e. The Morgan fingerprint density at radius 1 is 1.16 bits per heavy atom. The molecule has 160 valence electrons. The molecular formula is C22H20N7O3+. The predicted molar refractivity (Wildman–Crippen MR) is 115 cm³/mol. The van der Waals surface area contributed by atoms with Crippen LogP contribution in [0, 0.1) is 6.92 Å². The molecule has 0 bridgehead atoms. The van der Waals surface area contributed by atoms with Crippen molar-refractivity contribution < 1.29 is 13.9 Å². The van der Waals surface area contributed by atoms with Gasteiger partial charge in [-0.15, -0.1) is 9.38 Å². The van der Waals surface area contributed by atoms with Crippen molar-refractivity contribution in [1.82, 2.24) is 24.7 Å². The topological polar surface area (TPSA) is 140 Å². The number of aliphatic hydroxyl groups excluding tert-OH is 1. The molecule has 0 aliphatic rings. The number of pyridine rings is 1. The summed E-state index contributed by atoms with van der Waals surface area (Å²) in [6.07, 6.45) is 2.78. The lowest BCUT2D eigenvalue weighted by Crippen LogP contribution is -2.44. The lowest BCUT2D eigenvalue weighted by Gasteiger charge is -2.10. The molecule has 4 N–H and O–H groups in total. The van der Waals surface area contributed by atoms with E-state index in [1.165, 1.54) is 21.7 Å². The van der Waals surface area contributed by atoms with Gasteiger partial charge in [0, 0.05) is 11.3 Å². The maximum atomic E-state index is 13.2. The van der Waals surface area contributed by atoms with Crippen LogP contribution in [0.2, 0.25) is 0 Å². The second-order valence-electron chi connectivity index (χ2n) is 7.35. The van der Waals surface area contributed by atoms with Gasteiger partial charge in [0.2, 0.25) is 5.65 Å². The molecule has 0 aliphatic carbocycles. The van der Waals surface area contributed by atoms with Crippen molar-refractivity contribution in [1.29, 1.82) is 0 Å². The van der Waals surface area contributed by atoms with Gasteiger partial charge in [-0.05, 0) is 24.6 Å². The summed E-state index contributed by atoms with van der Waals surface area (Å²) >= 11 is 0. The summed E-state index contributed by atoms with van der Waals surface area (Å²) in [4.78, 5) is 26.2. The summed E-state index contributed by atoms with van der Waals surface area (Å²) < 4.78 is 7.74. The quantitative estimate of drug-likeness (QED) is 0.359. The van der Waals surface area contributed by atoms with E-state index < -0.39 is 0 Å². The summed E-state index contributed by atoms with van der Waals surface area (Å²) in [5, 5.41) is 12.8. The van der Waals surface area contributed by atoms with Gasteiger partial charge in [-0.3, -0.25) is 4.98 Å². The Labute approximate surface area is 181 Å². The van der Waals surface area contributed by atoms with Crippen molar-refractivity contribution in [3.05, 3.63) is 82.7 Å². The molecule has 0 unspecified atom stereocenters. The van der Waals surface area contributed by atoms with Gasteiger partial charge >= 0.3 is 11.6 Å². The highest BCUT2D eigenvalue weighted by Crippen LogP contribution is 2.33. The molecule has 32 heavy (non-hydrogen) atoms. The van der Waals surface area contributed by atoms with E-state index in [9.17, 15) is 9.90 Å². The van der Waals surface area contributed by atoms with E-state index in [-0.39, 0.29) is 24.8 Å². The number of benzene rings is 1. The van der Waals surface area contributed by atoms with Crippen molar-refractivity contribution in [3.63, 3.8) is 0 Å². The fraction of sp³-hybridized carbons (Fsp3) is 0.136. The molecule has 5 aromatic rings. The molecule has 0 atom stereocenters. The Balaban J connectivity index is 1.85. The van der Waals surface area contributed by atoms with E-state index in [0.717, 1.165) is 16.8 Å². The van der Waals surface area contributed by atoms with Crippen molar-refractivity contribution in [2.24, 2.45) is 0 Å². The van der Waals surface area contributed by atoms with Gasteiger partial charge in [0.15, 0.2) is 6.39 Å². The van der Waals surface area contributed by atoms with Crippen LogP contribution in [-0.2, 0) is 13.2 Å². The fourth-order valence-corrected chi connectivity index (χ4v) is 3.78. The van der Waals surface area contributed by atoms with E-state index in [1.807, 2.05) is 43.3 Å². The van der Waals surface area contributed by atoms with Crippen LogP contribution in [0.25, 0.3) is 28.0 Å². The minimum atomic E-state index is -0.387. The molecular weight excluding hydrogens is 410 g/mol. The number of hydrogen-bond acceptors (Lipinski definition) is 7. The SMILES string of the molecule is Cc1cc(-c2c(-c3ccccc3)nc(N)[n+]3c(=O)n(Cc4cocn4)[nH]c23)cc(CO)n1. The second kappa shape index (κ2) is 7.75. The Hall–Kier alpha value is -4.31. The van der Waals surface area contributed by atoms with Gasteiger partial charge in [-0.25, -0.2) is 14.9 Å². The highest BCUT2D eigenvalue weighted by atomic mass is 16.3. The summed E-state index contributed by atoms with van der Waals surface area (Å²) in [5.41, 5.74) is 11.0. The predicted octanol–water partition coefficient (Wildman–Crippen LogP) is 1.46. The van der Waals surface area contributed by atoms with E-state index in [2.05, 4.69) is 20.1 Å². The number of aliphatic hydroxyl groups is 1. The second-order valence-corrected chi connectivity index (χ2v) is 7.35. The van der Waals surface area contributed by atoms with Crippen LogP contribution in [0.15, 0.2) is 64.3 Å². The normalized spacial score (nSPS) is 11.3. The fourth-order valence-electron chi connectivity index (χ4n) is 3.78. The monoisotopic (exact) mass is 430 g/mol. The largest absolute Gasteiger partial charge is 0.451 e. The summed E-state index contributed by atoms with van der Waals surface area (Å²) in [6.45, 7) is 1.81. The molecule has 10 nitrogen and oxygen atoms in total. The molecule has 0 fully saturated rings. The van der Waals surface area contributed by atoms with Gasteiger partial charge in [0.25, 0.3) is 0 Å². The number of anilines is 1. The van der Waals surface area contributed by atoms with Crippen LogP contribution in [0.4, 0.5) is 5.95 Å². The molecule has 0 radical (unpaired) electrons. The number of nitrogens with two attached hydrogens (primary N) is 1. The van der Waals surface area contributed by atoms with Gasteiger partial charge in [0.1, 0.15) is 24.2 Å². The van der Waals surface area contributed by atoms with Gasteiger partial charge in [-0.1, -0.05) is 30.3 Å². The summed E-state index contributed by atoms with van der Waals surface area (Å²) in [5.74, 6) is 0.0518. The third kappa shape index (κ3) is 3.32. The molecule has 1 aromatic carbocycles. The molecule has 4 heterocycles. The zero-order valence-electron chi connectivity index (χ0n) is 17.2. The van der Waals surface area contributed by atoms with Gasteiger partial charge < -0.3 is 15.3 Å². The van der Waals surface area contributed by atoms with Crippen molar-refractivity contribution in [2.45, 2.75) is 20.1 Å². The van der Waals surface area contributed by atoms with E-state index in [1.54, 1.807) is 6.07 Å². The highest BCUT2D eigenvalue weighted by molar-refractivity contribution is 5.88. The van der Waals surface area contributed by atoms with Gasteiger partial charge in [0.05, 0.1) is 17.9 Å². The third-order valence-corrected chi connectivity index (χ3v) is 5.12. The Morgan fingerprint density at radius 2 is 1.97 bits per heavy atom. The number of hydrogen-bond donors (Lipinski definition) is 3. The van der Waals surface area contributed by atoms with Crippen LogP contribution in [0.3, 0.4) is 0 Å². The maximum absolute atomic E-state index is 13.2. The number of aromatic amines is 1. The molecule has 0 spiro atoms. The van der Waals surface area contributed by atoms with Crippen LogP contribution in [-0.4, -0.2) is 29.8 Å². The van der Waals surface area contributed by atoms with Crippen LogP contribution < -0.4 is 15.8 Å². The van der Waals surface area contributed by atoms with Crippen molar-refractivity contribution in [3.8, 4) is 22.4 Å². The first-order valence-corrected chi connectivity index (χ1v) is 9.90. The number of rotatable bonds is 5. The first kappa shape index (κ1) is 19.6. The minimum absolute atomic E-state index is 0.0518. The molecule has 0 amide bonds. The molecule has 0 saturated heterocycles. The number of nitrogen functional groups attached to an aromatic ring is 1. The summed E-state index contributed by atoms with van der Waals surface area (Å²) in [6, 6.07) is 13.2. The molecule has 5 rings (SSSR count). The number of H-pyrrole nitrogens is 1. The van der Waals surface area contributed by atoms with E-state index in [4.69, 9.17) is 10.2 Å². The first-order valence-electron chi connectivity index (χ1n) is 9.90. The highest BCUT2D eigenvalue weighted by Gasteiger charge is 2.26. The standard InChI is InChI=1S/C22H19N7O3/c1-13-7-15(8-16(10-30)25-13)18-19(14-5-3-2-4-6-14)26-21(23)29-20(18)27-28(22(29)31)9-17-11-32-12-24-17/h2-8,11-12,30H,9-10H2,1H3,(H2,23,25,26,27)/p+1. The number of aryl methyl sites for hydroxylation is 1. The smallest absolute Gasteiger partial charge is 0.428 e.